The second-order valence-electron chi connectivity index (χ2n) is 5.98. The van der Waals surface area contributed by atoms with Crippen molar-refractivity contribution in [2.45, 2.75) is 39.2 Å². The molecule has 2 heterocycles. The molecule has 3 atom stereocenters. The molecule has 144 valence electrons. The maximum absolute atomic E-state index is 12.2. The van der Waals surface area contributed by atoms with Crippen LogP contribution < -0.4 is 16.6 Å². The summed E-state index contributed by atoms with van der Waals surface area (Å²) in [6, 6.07) is 0. The first-order valence-corrected chi connectivity index (χ1v) is 8.31. The molecule has 10 heteroatoms. The molecule has 1 aliphatic rings. The predicted molar refractivity (Wildman–Crippen MR) is 89.3 cm³/mol. The highest BCUT2D eigenvalue weighted by atomic mass is 16.7. The number of aromatic nitrogens is 2. The highest BCUT2D eigenvalue weighted by Gasteiger charge is 2.30. The van der Waals surface area contributed by atoms with Gasteiger partial charge in [-0.1, -0.05) is 6.92 Å². The Morgan fingerprint density at radius 2 is 2.12 bits per heavy atom. The lowest BCUT2D eigenvalue weighted by molar-refractivity contribution is -0.213. The lowest BCUT2D eigenvalue weighted by Gasteiger charge is -2.31. The Balaban J connectivity index is 2.05. The van der Waals surface area contributed by atoms with E-state index in [2.05, 4.69) is 15.0 Å². The normalized spacial score (nSPS) is 21.0. The molecule has 0 bridgehead atoms. The highest BCUT2D eigenvalue weighted by molar-refractivity contribution is 5.79. The van der Waals surface area contributed by atoms with Gasteiger partial charge in [0.15, 0.2) is 6.23 Å². The van der Waals surface area contributed by atoms with Gasteiger partial charge < -0.3 is 19.5 Å². The van der Waals surface area contributed by atoms with Crippen LogP contribution in [-0.4, -0.2) is 48.0 Å². The van der Waals surface area contributed by atoms with Crippen molar-refractivity contribution >= 4 is 11.9 Å². The van der Waals surface area contributed by atoms with Crippen LogP contribution in [0.2, 0.25) is 0 Å². The fourth-order valence-corrected chi connectivity index (χ4v) is 2.53. The molecule has 2 rings (SSSR count). The van der Waals surface area contributed by atoms with E-state index in [1.165, 1.54) is 17.9 Å². The number of nitrogens with one attached hydrogen (secondary N) is 2. The van der Waals surface area contributed by atoms with Gasteiger partial charge in [-0.05, 0) is 13.3 Å². The van der Waals surface area contributed by atoms with Crippen LogP contribution in [0.3, 0.4) is 0 Å². The molecule has 0 spiro atoms. The lowest BCUT2D eigenvalue weighted by Crippen LogP contribution is -2.48. The van der Waals surface area contributed by atoms with Crippen molar-refractivity contribution in [2.75, 3.05) is 20.2 Å². The van der Waals surface area contributed by atoms with Gasteiger partial charge in [-0.2, -0.15) is 0 Å². The number of hydrogen-bond donors (Lipinski definition) is 2. The first kappa shape index (κ1) is 19.9. The summed E-state index contributed by atoms with van der Waals surface area (Å²) >= 11 is 0. The van der Waals surface area contributed by atoms with Gasteiger partial charge in [-0.3, -0.25) is 23.9 Å². The molecule has 10 nitrogen and oxygen atoms in total. The van der Waals surface area contributed by atoms with Crippen LogP contribution in [0, 0.1) is 12.8 Å². The van der Waals surface area contributed by atoms with Gasteiger partial charge in [0.05, 0.1) is 26.0 Å². The van der Waals surface area contributed by atoms with Crippen LogP contribution in [0.1, 0.15) is 31.6 Å². The van der Waals surface area contributed by atoms with Gasteiger partial charge >= 0.3 is 17.6 Å². The minimum atomic E-state index is -0.924. The zero-order chi connectivity index (χ0) is 19.3. The fraction of sp³-hybridized carbons (Fsp3) is 0.625. The predicted octanol–water partition coefficient (Wildman–Crippen LogP) is -0.578. The Bertz CT molecular complexity index is 770. The number of rotatable bonds is 6. The summed E-state index contributed by atoms with van der Waals surface area (Å²) in [6.45, 7) is 3.88. The van der Waals surface area contributed by atoms with Crippen LogP contribution in [0.5, 0.6) is 0 Å². The van der Waals surface area contributed by atoms with E-state index in [0.29, 0.717) is 18.5 Å². The summed E-state index contributed by atoms with van der Waals surface area (Å²) in [6.07, 6.45) is 0.0609. The summed E-state index contributed by atoms with van der Waals surface area (Å²) < 4.78 is 16.8. The third-order valence-electron chi connectivity index (χ3n) is 4.11. The summed E-state index contributed by atoms with van der Waals surface area (Å²) in [5, 5.41) is 3.01. The van der Waals surface area contributed by atoms with E-state index >= 15 is 0 Å². The number of H-pyrrole nitrogens is 1. The molecule has 0 saturated carbocycles. The zero-order valence-electron chi connectivity index (χ0n) is 14.9. The molecular formula is C16H23N3O7. The molecule has 1 unspecified atom stereocenters. The Morgan fingerprint density at radius 3 is 2.77 bits per heavy atom. The molecule has 1 aromatic heterocycles. The van der Waals surface area contributed by atoms with Gasteiger partial charge in [0.2, 0.25) is 6.29 Å². The van der Waals surface area contributed by atoms with E-state index in [0.717, 1.165) is 0 Å². The number of aryl methyl sites for hydroxylation is 1. The van der Waals surface area contributed by atoms with E-state index < -0.39 is 41.6 Å². The van der Waals surface area contributed by atoms with Crippen LogP contribution in [0.4, 0.5) is 0 Å². The summed E-state index contributed by atoms with van der Waals surface area (Å²) in [4.78, 5) is 49.3. The van der Waals surface area contributed by atoms with E-state index in [4.69, 9.17) is 9.47 Å². The first-order valence-electron chi connectivity index (χ1n) is 8.31. The first-order chi connectivity index (χ1) is 12.3. The maximum atomic E-state index is 12.2. The minimum Gasteiger partial charge on any atom is -0.469 e. The number of ether oxygens (including phenoxy) is 3. The molecule has 0 amide bonds. The van der Waals surface area contributed by atoms with Crippen molar-refractivity contribution in [3.63, 3.8) is 0 Å². The molecule has 1 aliphatic heterocycles. The van der Waals surface area contributed by atoms with E-state index in [1.807, 2.05) is 0 Å². The summed E-state index contributed by atoms with van der Waals surface area (Å²) in [7, 11) is 1.25. The fourth-order valence-electron chi connectivity index (χ4n) is 2.53. The number of methoxy groups -OCH3 is 1. The van der Waals surface area contributed by atoms with Gasteiger partial charge in [0.25, 0.3) is 5.56 Å². The Morgan fingerprint density at radius 1 is 1.38 bits per heavy atom. The molecule has 1 saturated heterocycles. The number of hydrogen-bond acceptors (Lipinski definition) is 8. The van der Waals surface area contributed by atoms with Crippen LogP contribution in [0.25, 0.3) is 0 Å². The smallest absolute Gasteiger partial charge is 0.330 e. The summed E-state index contributed by atoms with van der Waals surface area (Å²) in [5.74, 6) is -1.70. The number of nitrogens with zero attached hydrogens (tertiary/aromatic N) is 1. The average molecular weight is 369 g/mol. The number of carbonyl (C=O) groups is 2. The Hall–Kier alpha value is -2.46. The Kier molecular flexibility index (Phi) is 6.70. The second-order valence-corrected chi connectivity index (χ2v) is 5.98. The van der Waals surface area contributed by atoms with E-state index in [1.54, 1.807) is 13.8 Å². The summed E-state index contributed by atoms with van der Waals surface area (Å²) in [5.41, 5.74) is -0.723. The van der Waals surface area contributed by atoms with Crippen molar-refractivity contribution in [3.05, 3.63) is 32.6 Å². The molecule has 1 fully saturated rings. The van der Waals surface area contributed by atoms with Gasteiger partial charge in [-0.15, -0.1) is 0 Å². The van der Waals surface area contributed by atoms with E-state index in [9.17, 15) is 19.2 Å². The van der Waals surface area contributed by atoms with Gasteiger partial charge in [0.1, 0.15) is 0 Å². The quantitative estimate of drug-likeness (QED) is 0.638. The van der Waals surface area contributed by atoms with Crippen molar-refractivity contribution in [1.29, 1.82) is 0 Å². The van der Waals surface area contributed by atoms with Crippen molar-refractivity contribution < 1.29 is 23.8 Å². The Labute approximate surface area is 149 Å². The van der Waals surface area contributed by atoms with Gasteiger partial charge in [0, 0.05) is 18.3 Å². The third-order valence-corrected chi connectivity index (χ3v) is 4.11. The SMILES string of the molecule is CCC(CC(=O)OC)C(=O)O[C@H]1CNC[C@H](n2cc(C)c(=O)[nH]c2=O)O1. The van der Waals surface area contributed by atoms with Gasteiger partial charge in [-0.25, -0.2) is 4.79 Å². The lowest BCUT2D eigenvalue weighted by atomic mass is 10.0. The molecule has 2 N–H and O–H groups in total. The van der Waals surface area contributed by atoms with Crippen LogP contribution in [0.15, 0.2) is 15.8 Å². The van der Waals surface area contributed by atoms with Crippen LogP contribution >= 0.6 is 0 Å². The minimum absolute atomic E-state index is 0.0754. The zero-order valence-corrected chi connectivity index (χ0v) is 14.9. The standard InChI is InChI=1S/C16H23N3O7/c1-4-10(5-12(20)24-3)15(22)26-13-7-17-6-11(25-13)19-8-9(2)14(21)18-16(19)23/h8,10-11,13,17H,4-7H2,1-3H3,(H,18,21,23)/t10?,11-,13+/m1/s1. The maximum Gasteiger partial charge on any atom is 0.330 e. The van der Waals surface area contributed by atoms with Crippen LogP contribution in [-0.2, 0) is 23.8 Å². The average Bonchev–Trinajstić information content (AvgIpc) is 2.62. The molecule has 0 aromatic carbocycles. The van der Waals surface area contributed by atoms with Crippen molar-refractivity contribution in [1.82, 2.24) is 14.9 Å². The topological polar surface area (TPSA) is 129 Å². The number of carbonyl (C=O) groups excluding carboxylic acids is 2. The highest BCUT2D eigenvalue weighted by Crippen LogP contribution is 2.17. The molecule has 0 radical (unpaired) electrons. The van der Waals surface area contributed by atoms with Crippen molar-refractivity contribution in [2.24, 2.45) is 5.92 Å². The number of esters is 2. The third kappa shape index (κ3) is 4.79. The van der Waals surface area contributed by atoms with E-state index in [-0.39, 0.29) is 13.0 Å². The molecule has 1 aromatic rings. The molecule has 26 heavy (non-hydrogen) atoms. The number of morpholine rings is 1. The monoisotopic (exact) mass is 369 g/mol. The second kappa shape index (κ2) is 8.77. The molecular weight excluding hydrogens is 346 g/mol. The molecule has 0 aliphatic carbocycles. The largest absolute Gasteiger partial charge is 0.469 e. The number of aromatic amines is 1. The van der Waals surface area contributed by atoms with Crippen molar-refractivity contribution in [3.8, 4) is 0 Å².